The fraction of sp³-hybridized carbons (Fsp3) is 0.188. The van der Waals surface area contributed by atoms with Gasteiger partial charge in [0, 0.05) is 0 Å². The molecule has 182 valence electrons. The normalized spacial score (nSPS) is 19.9. The van der Waals surface area contributed by atoms with E-state index in [4.69, 9.17) is 9.05 Å². The molecule has 0 saturated heterocycles. The molecule has 3 atom stereocenters. The molecular weight excluding hydrogens is 478 g/mol. The third kappa shape index (κ3) is 6.20. The second-order valence-electron chi connectivity index (χ2n) is 9.24. The van der Waals surface area contributed by atoms with Gasteiger partial charge >= 0.3 is 0 Å². The SMILES string of the molecule is C=CC1CCC(O[PH+](c2ccccc2)c2ccccc2)C(O[PH+](c2ccccc2)c2ccccc2)C1. The van der Waals surface area contributed by atoms with Crippen LogP contribution in [0.3, 0.4) is 0 Å². The van der Waals surface area contributed by atoms with Crippen molar-refractivity contribution in [2.24, 2.45) is 5.92 Å². The highest BCUT2D eigenvalue weighted by Gasteiger charge is 2.41. The van der Waals surface area contributed by atoms with E-state index in [1.165, 1.54) is 21.2 Å². The Morgan fingerprint density at radius 3 is 1.25 bits per heavy atom. The quantitative estimate of drug-likeness (QED) is 0.194. The van der Waals surface area contributed by atoms with E-state index in [0.717, 1.165) is 19.3 Å². The molecule has 0 N–H and O–H groups in total. The smallest absolute Gasteiger partial charge is 0.198 e. The molecule has 1 fully saturated rings. The summed E-state index contributed by atoms with van der Waals surface area (Å²) in [5.74, 6) is 0.453. The molecule has 2 nitrogen and oxygen atoms in total. The molecule has 4 aromatic rings. The average molecular weight is 513 g/mol. The molecule has 0 heterocycles. The van der Waals surface area contributed by atoms with Crippen LogP contribution in [0.4, 0.5) is 0 Å². The van der Waals surface area contributed by atoms with Crippen molar-refractivity contribution >= 4 is 37.5 Å². The van der Waals surface area contributed by atoms with Crippen LogP contribution in [0.1, 0.15) is 19.3 Å². The molecule has 36 heavy (non-hydrogen) atoms. The standard InChI is InChI=1S/C32H32O2P2/c1-2-26-23-24-31(33-35(27-15-7-3-8-16-27)28-17-9-4-10-18-28)32(25-26)34-36(29-19-11-5-12-20-29)30-21-13-6-14-22-30/h2-22,26,31-32H,1,23-25H2/p+2. The van der Waals surface area contributed by atoms with E-state index < -0.39 is 16.3 Å². The maximum absolute atomic E-state index is 7.13. The predicted octanol–water partition coefficient (Wildman–Crippen LogP) is 6.30. The van der Waals surface area contributed by atoms with Crippen LogP contribution in [0.25, 0.3) is 0 Å². The van der Waals surface area contributed by atoms with Crippen LogP contribution in [-0.4, -0.2) is 12.2 Å². The summed E-state index contributed by atoms with van der Waals surface area (Å²) in [5, 5.41) is 5.08. The summed E-state index contributed by atoms with van der Waals surface area (Å²) in [5.41, 5.74) is 0. The topological polar surface area (TPSA) is 18.5 Å². The Hall–Kier alpha value is -2.60. The van der Waals surface area contributed by atoms with Gasteiger partial charge in [-0.15, -0.1) is 6.58 Å². The first-order valence-electron chi connectivity index (χ1n) is 12.7. The lowest BCUT2D eigenvalue weighted by Gasteiger charge is -2.33. The molecule has 0 spiro atoms. The van der Waals surface area contributed by atoms with Crippen LogP contribution in [0.15, 0.2) is 134 Å². The summed E-state index contributed by atoms with van der Waals surface area (Å²) in [6.45, 7) is 4.11. The second-order valence-corrected chi connectivity index (χ2v) is 13.3. The third-order valence-electron chi connectivity index (χ3n) is 6.79. The van der Waals surface area contributed by atoms with Crippen molar-refractivity contribution in [3.8, 4) is 0 Å². The average Bonchev–Trinajstić information content (AvgIpc) is 2.97. The second kappa shape index (κ2) is 12.6. The highest BCUT2D eigenvalue weighted by Crippen LogP contribution is 2.46. The van der Waals surface area contributed by atoms with Crippen molar-refractivity contribution in [1.82, 2.24) is 0 Å². The number of allylic oxidation sites excluding steroid dienone is 1. The molecule has 0 bridgehead atoms. The lowest BCUT2D eigenvalue weighted by Crippen LogP contribution is -2.38. The summed E-state index contributed by atoms with van der Waals surface area (Å²) in [6.07, 6.45) is 5.18. The zero-order valence-electron chi connectivity index (χ0n) is 20.5. The Morgan fingerprint density at radius 2 is 0.889 bits per heavy atom. The van der Waals surface area contributed by atoms with Gasteiger partial charge in [-0.2, -0.15) is 0 Å². The van der Waals surface area contributed by atoms with E-state index in [1.54, 1.807) is 0 Å². The first kappa shape index (κ1) is 25.1. The summed E-state index contributed by atoms with van der Waals surface area (Å²) in [6, 6.07) is 42.8. The van der Waals surface area contributed by atoms with Crippen LogP contribution in [0.5, 0.6) is 0 Å². The maximum atomic E-state index is 7.13. The predicted molar refractivity (Wildman–Crippen MR) is 158 cm³/mol. The highest BCUT2D eigenvalue weighted by molar-refractivity contribution is 7.69. The van der Waals surface area contributed by atoms with E-state index in [-0.39, 0.29) is 12.2 Å². The van der Waals surface area contributed by atoms with Crippen molar-refractivity contribution in [2.45, 2.75) is 31.5 Å². The van der Waals surface area contributed by atoms with Crippen molar-refractivity contribution in [3.05, 3.63) is 134 Å². The molecule has 0 aliphatic heterocycles. The highest BCUT2D eigenvalue weighted by atomic mass is 31.1. The van der Waals surface area contributed by atoms with Crippen molar-refractivity contribution < 1.29 is 9.05 Å². The summed E-state index contributed by atoms with van der Waals surface area (Å²) >= 11 is 0. The number of hydrogen-bond donors (Lipinski definition) is 0. The molecular formula is C32H34O2P2+2. The van der Waals surface area contributed by atoms with Gasteiger partial charge in [0.25, 0.3) is 0 Å². The van der Waals surface area contributed by atoms with Gasteiger partial charge in [0.1, 0.15) is 33.4 Å². The van der Waals surface area contributed by atoms with Crippen LogP contribution in [-0.2, 0) is 9.05 Å². The maximum Gasteiger partial charge on any atom is 0.198 e. The van der Waals surface area contributed by atoms with E-state index in [9.17, 15) is 0 Å². The number of benzene rings is 4. The Bertz CT molecular complexity index is 1120. The van der Waals surface area contributed by atoms with E-state index in [1.807, 2.05) is 0 Å². The monoisotopic (exact) mass is 512 g/mol. The Morgan fingerprint density at radius 1 is 0.528 bits per heavy atom. The largest absolute Gasteiger partial charge is 0.224 e. The molecule has 4 heteroatoms. The van der Waals surface area contributed by atoms with Gasteiger partial charge in [0.05, 0.1) is 0 Å². The van der Waals surface area contributed by atoms with Crippen LogP contribution in [0, 0.1) is 5.92 Å². The van der Waals surface area contributed by atoms with Gasteiger partial charge in [-0.1, -0.05) is 78.9 Å². The zero-order chi connectivity index (χ0) is 24.6. The minimum absolute atomic E-state index is 0.0171. The molecule has 1 aliphatic carbocycles. The van der Waals surface area contributed by atoms with Gasteiger partial charge in [0.2, 0.25) is 0 Å². The molecule has 0 radical (unpaired) electrons. The van der Waals surface area contributed by atoms with Crippen molar-refractivity contribution in [3.63, 3.8) is 0 Å². The van der Waals surface area contributed by atoms with Crippen LogP contribution in [0.2, 0.25) is 0 Å². The number of hydrogen-bond acceptors (Lipinski definition) is 2. The van der Waals surface area contributed by atoms with Crippen molar-refractivity contribution in [2.75, 3.05) is 0 Å². The molecule has 0 amide bonds. The number of rotatable bonds is 9. The van der Waals surface area contributed by atoms with E-state index >= 15 is 0 Å². The first-order chi connectivity index (χ1) is 17.8. The van der Waals surface area contributed by atoms with Gasteiger partial charge in [-0.25, -0.2) is 9.05 Å². The molecule has 0 aromatic heterocycles. The lowest BCUT2D eigenvalue weighted by atomic mass is 9.85. The van der Waals surface area contributed by atoms with Gasteiger partial charge in [0.15, 0.2) is 16.3 Å². The first-order valence-corrected chi connectivity index (χ1v) is 15.5. The summed E-state index contributed by atoms with van der Waals surface area (Å²) in [4.78, 5) is 0. The van der Waals surface area contributed by atoms with E-state index in [2.05, 4.69) is 134 Å². The summed E-state index contributed by atoms with van der Waals surface area (Å²) in [7, 11) is -2.84. The van der Waals surface area contributed by atoms with Crippen LogP contribution < -0.4 is 21.2 Å². The minimum atomic E-state index is -1.43. The zero-order valence-corrected chi connectivity index (χ0v) is 22.5. The molecule has 3 unspecified atom stereocenters. The van der Waals surface area contributed by atoms with Gasteiger partial charge in [-0.3, -0.25) is 0 Å². The Kier molecular flexibility index (Phi) is 8.76. The van der Waals surface area contributed by atoms with Gasteiger partial charge < -0.3 is 0 Å². The van der Waals surface area contributed by atoms with Gasteiger partial charge in [-0.05, 0) is 73.7 Å². The van der Waals surface area contributed by atoms with Crippen molar-refractivity contribution in [1.29, 1.82) is 0 Å². The molecule has 1 aliphatic rings. The summed E-state index contributed by atoms with van der Waals surface area (Å²) < 4.78 is 14.2. The molecule has 5 rings (SSSR count). The van der Waals surface area contributed by atoms with Crippen LogP contribution >= 0.6 is 16.3 Å². The third-order valence-corrected chi connectivity index (χ3v) is 11.3. The molecule has 1 saturated carbocycles. The molecule has 4 aromatic carbocycles. The Balaban J connectivity index is 1.46. The van der Waals surface area contributed by atoms with E-state index in [0.29, 0.717) is 5.92 Å². The lowest BCUT2D eigenvalue weighted by molar-refractivity contribution is 0.0290. The fourth-order valence-corrected chi connectivity index (χ4v) is 9.19. The Labute approximate surface area is 217 Å². The fourth-order valence-electron chi connectivity index (χ4n) is 4.87. The minimum Gasteiger partial charge on any atom is -0.224 e.